The Labute approximate surface area is 129 Å². The number of rotatable bonds is 3. The van der Waals surface area contributed by atoms with Crippen molar-refractivity contribution in [1.29, 1.82) is 0 Å². The molecule has 0 saturated carbocycles. The van der Waals surface area contributed by atoms with Crippen LogP contribution in [-0.4, -0.2) is 42.2 Å². The highest BCUT2D eigenvalue weighted by molar-refractivity contribution is 8.00. The van der Waals surface area contributed by atoms with Gasteiger partial charge >= 0.3 is 0 Å². The van der Waals surface area contributed by atoms with Gasteiger partial charge in [-0.05, 0) is 29.8 Å². The van der Waals surface area contributed by atoms with Gasteiger partial charge in [-0.15, -0.1) is 11.8 Å². The van der Waals surface area contributed by atoms with Gasteiger partial charge in [0.25, 0.3) is 0 Å². The zero-order valence-corrected chi connectivity index (χ0v) is 13.0. The molecule has 3 rings (SSSR count). The van der Waals surface area contributed by atoms with Crippen LogP contribution in [0.2, 0.25) is 0 Å². The van der Waals surface area contributed by atoms with Crippen LogP contribution >= 0.6 is 11.8 Å². The van der Waals surface area contributed by atoms with E-state index >= 15 is 0 Å². The lowest BCUT2D eigenvalue weighted by molar-refractivity contribution is -0.131. The molecule has 0 aromatic heterocycles. The van der Waals surface area contributed by atoms with E-state index in [1.807, 2.05) is 17.0 Å². The standard InChI is InChI=1S/C17H20N2OS/c1-13-11-18-8-9-19(13)17(20)12-21-16-7-6-14-4-2-3-5-15(14)10-16/h2-7,10,13,18H,8-9,11-12H2,1H3/t13-/m0/s1. The summed E-state index contributed by atoms with van der Waals surface area (Å²) in [5.41, 5.74) is 0. The number of piperazine rings is 1. The lowest BCUT2D eigenvalue weighted by atomic mass is 10.1. The minimum absolute atomic E-state index is 0.238. The third-order valence-corrected chi connectivity index (χ3v) is 4.88. The van der Waals surface area contributed by atoms with Gasteiger partial charge < -0.3 is 10.2 Å². The summed E-state index contributed by atoms with van der Waals surface area (Å²) >= 11 is 1.63. The zero-order chi connectivity index (χ0) is 14.7. The van der Waals surface area contributed by atoms with Crippen molar-refractivity contribution in [2.45, 2.75) is 17.9 Å². The quantitative estimate of drug-likeness (QED) is 0.885. The molecule has 2 aromatic rings. The summed E-state index contributed by atoms with van der Waals surface area (Å²) in [6.07, 6.45) is 0. The number of fused-ring (bicyclic) bond motifs is 1. The number of nitrogens with one attached hydrogen (secondary N) is 1. The molecule has 1 saturated heterocycles. The Morgan fingerprint density at radius 2 is 2.10 bits per heavy atom. The number of nitrogens with zero attached hydrogens (tertiary/aromatic N) is 1. The van der Waals surface area contributed by atoms with Crippen molar-refractivity contribution in [3.8, 4) is 0 Å². The third-order valence-electron chi connectivity index (χ3n) is 3.90. The van der Waals surface area contributed by atoms with Crippen molar-refractivity contribution in [2.75, 3.05) is 25.4 Å². The van der Waals surface area contributed by atoms with E-state index in [4.69, 9.17) is 0 Å². The predicted octanol–water partition coefficient (Wildman–Crippen LogP) is 2.75. The molecule has 1 heterocycles. The van der Waals surface area contributed by atoms with E-state index in [2.05, 4.69) is 42.6 Å². The van der Waals surface area contributed by atoms with E-state index in [0.29, 0.717) is 11.8 Å². The number of carbonyl (C=O) groups is 1. The second-order valence-corrected chi connectivity index (χ2v) is 6.49. The summed E-state index contributed by atoms with van der Waals surface area (Å²) in [7, 11) is 0. The number of carbonyl (C=O) groups excluding carboxylic acids is 1. The predicted molar refractivity (Wildman–Crippen MR) is 88.7 cm³/mol. The van der Waals surface area contributed by atoms with Gasteiger partial charge in [0.15, 0.2) is 0 Å². The van der Waals surface area contributed by atoms with Crippen LogP contribution in [0.5, 0.6) is 0 Å². The first kappa shape index (κ1) is 14.4. The van der Waals surface area contributed by atoms with E-state index in [9.17, 15) is 4.79 Å². The summed E-state index contributed by atoms with van der Waals surface area (Å²) in [6.45, 7) is 4.71. The number of hydrogen-bond donors (Lipinski definition) is 1. The van der Waals surface area contributed by atoms with E-state index in [1.54, 1.807) is 11.8 Å². The summed E-state index contributed by atoms with van der Waals surface area (Å²) in [4.78, 5) is 15.5. The van der Waals surface area contributed by atoms with E-state index < -0.39 is 0 Å². The Bertz CT molecular complexity index is 643. The summed E-state index contributed by atoms with van der Waals surface area (Å²) in [5, 5.41) is 5.78. The second kappa shape index (κ2) is 6.50. The average Bonchev–Trinajstić information content (AvgIpc) is 2.53. The molecule has 0 aliphatic carbocycles. The van der Waals surface area contributed by atoms with Crippen LogP contribution in [0.1, 0.15) is 6.92 Å². The monoisotopic (exact) mass is 300 g/mol. The first-order valence-electron chi connectivity index (χ1n) is 7.36. The van der Waals surface area contributed by atoms with Crippen molar-refractivity contribution >= 4 is 28.4 Å². The number of thioether (sulfide) groups is 1. The van der Waals surface area contributed by atoms with Gasteiger partial charge in [0.2, 0.25) is 5.91 Å². The molecule has 0 spiro atoms. The lowest BCUT2D eigenvalue weighted by Crippen LogP contribution is -2.52. The maximum atomic E-state index is 12.3. The van der Waals surface area contributed by atoms with Crippen LogP contribution in [-0.2, 0) is 4.79 Å². The highest BCUT2D eigenvalue weighted by Gasteiger charge is 2.22. The van der Waals surface area contributed by atoms with Gasteiger partial charge in [-0.25, -0.2) is 0 Å². The largest absolute Gasteiger partial charge is 0.337 e. The van der Waals surface area contributed by atoms with Gasteiger partial charge in [0.05, 0.1) is 5.75 Å². The van der Waals surface area contributed by atoms with Crippen molar-refractivity contribution in [2.24, 2.45) is 0 Å². The summed E-state index contributed by atoms with van der Waals surface area (Å²) in [6, 6.07) is 15.0. The van der Waals surface area contributed by atoms with Crippen molar-refractivity contribution < 1.29 is 4.79 Å². The van der Waals surface area contributed by atoms with Crippen LogP contribution in [0.15, 0.2) is 47.4 Å². The molecular formula is C17H20N2OS. The first-order chi connectivity index (χ1) is 10.2. The Balaban J connectivity index is 1.64. The topological polar surface area (TPSA) is 32.3 Å². The highest BCUT2D eigenvalue weighted by atomic mass is 32.2. The smallest absolute Gasteiger partial charge is 0.233 e. The first-order valence-corrected chi connectivity index (χ1v) is 8.34. The molecule has 0 unspecified atom stereocenters. The highest BCUT2D eigenvalue weighted by Crippen LogP contribution is 2.24. The Morgan fingerprint density at radius 1 is 1.29 bits per heavy atom. The van der Waals surface area contributed by atoms with Crippen molar-refractivity contribution in [3.05, 3.63) is 42.5 Å². The molecule has 21 heavy (non-hydrogen) atoms. The molecule has 1 amide bonds. The zero-order valence-electron chi connectivity index (χ0n) is 12.2. The average molecular weight is 300 g/mol. The van der Waals surface area contributed by atoms with Gasteiger partial charge in [0.1, 0.15) is 0 Å². The molecule has 1 atom stereocenters. The fourth-order valence-corrected chi connectivity index (χ4v) is 3.53. The van der Waals surface area contributed by atoms with Crippen molar-refractivity contribution in [1.82, 2.24) is 10.2 Å². The maximum Gasteiger partial charge on any atom is 0.233 e. The molecule has 110 valence electrons. The van der Waals surface area contributed by atoms with Gasteiger partial charge in [0, 0.05) is 30.6 Å². The molecule has 4 heteroatoms. The minimum Gasteiger partial charge on any atom is -0.337 e. The van der Waals surface area contributed by atoms with Gasteiger partial charge in [-0.2, -0.15) is 0 Å². The minimum atomic E-state index is 0.238. The fourth-order valence-electron chi connectivity index (χ4n) is 2.70. The van der Waals surface area contributed by atoms with E-state index in [1.165, 1.54) is 10.8 Å². The molecule has 1 aliphatic rings. The lowest BCUT2D eigenvalue weighted by Gasteiger charge is -2.33. The Kier molecular flexibility index (Phi) is 4.46. The maximum absolute atomic E-state index is 12.3. The number of amides is 1. The normalized spacial score (nSPS) is 18.9. The van der Waals surface area contributed by atoms with Crippen molar-refractivity contribution in [3.63, 3.8) is 0 Å². The van der Waals surface area contributed by atoms with Crippen LogP contribution in [0.3, 0.4) is 0 Å². The molecule has 0 radical (unpaired) electrons. The van der Waals surface area contributed by atoms with Gasteiger partial charge in [-0.3, -0.25) is 4.79 Å². The molecule has 1 N–H and O–H groups in total. The molecular weight excluding hydrogens is 280 g/mol. The Hall–Kier alpha value is -1.52. The second-order valence-electron chi connectivity index (χ2n) is 5.44. The Morgan fingerprint density at radius 3 is 2.90 bits per heavy atom. The molecule has 3 nitrogen and oxygen atoms in total. The summed E-state index contributed by atoms with van der Waals surface area (Å²) < 4.78 is 0. The molecule has 1 aliphatic heterocycles. The van der Waals surface area contributed by atoms with Gasteiger partial charge in [-0.1, -0.05) is 30.3 Å². The van der Waals surface area contributed by atoms with E-state index in [0.717, 1.165) is 24.5 Å². The number of hydrogen-bond acceptors (Lipinski definition) is 3. The molecule has 2 aromatic carbocycles. The van der Waals surface area contributed by atoms with E-state index in [-0.39, 0.29) is 5.91 Å². The number of benzene rings is 2. The SMILES string of the molecule is C[C@H]1CNCCN1C(=O)CSc1ccc2ccccc2c1. The fraction of sp³-hybridized carbons (Fsp3) is 0.353. The van der Waals surface area contributed by atoms with Crippen LogP contribution in [0.25, 0.3) is 10.8 Å². The van der Waals surface area contributed by atoms with Crippen LogP contribution in [0.4, 0.5) is 0 Å². The molecule has 0 bridgehead atoms. The van der Waals surface area contributed by atoms with Crippen LogP contribution in [0, 0.1) is 0 Å². The molecule has 1 fully saturated rings. The summed E-state index contributed by atoms with van der Waals surface area (Å²) in [5.74, 6) is 0.755. The van der Waals surface area contributed by atoms with Crippen LogP contribution < -0.4 is 5.32 Å². The third kappa shape index (κ3) is 3.39.